The summed E-state index contributed by atoms with van der Waals surface area (Å²) in [7, 11) is 0. The Morgan fingerprint density at radius 3 is 2.78 bits per heavy atom. The summed E-state index contributed by atoms with van der Waals surface area (Å²) in [6.07, 6.45) is 8.76. The van der Waals surface area contributed by atoms with Crippen molar-refractivity contribution in [2.45, 2.75) is 25.3 Å². The number of likely N-dealkylation sites (tertiary alicyclic amines) is 1. The first kappa shape index (κ1) is 20.3. The van der Waals surface area contributed by atoms with Crippen LogP contribution in [0.15, 0.2) is 71.8 Å². The van der Waals surface area contributed by atoms with Crippen molar-refractivity contribution in [2.24, 2.45) is 0 Å². The second-order valence-corrected chi connectivity index (χ2v) is 8.03. The first-order valence-electron chi connectivity index (χ1n) is 10.4. The number of rotatable bonds is 5. The fourth-order valence-corrected chi connectivity index (χ4v) is 4.15. The quantitative estimate of drug-likeness (QED) is 0.440. The molecule has 32 heavy (non-hydrogen) atoms. The molecule has 1 aliphatic heterocycles. The van der Waals surface area contributed by atoms with E-state index in [2.05, 4.69) is 19.9 Å². The van der Waals surface area contributed by atoms with Crippen molar-refractivity contribution in [3.8, 4) is 11.3 Å². The summed E-state index contributed by atoms with van der Waals surface area (Å²) in [5.74, 6) is 1.12. The van der Waals surface area contributed by atoms with Gasteiger partial charge in [0.1, 0.15) is 23.8 Å². The van der Waals surface area contributed by atoms with Crippen LogP contribution in [0.25, 0.3) is 11.3 Å². The third-order valence-corrected chi connectivity index (χ3v) is 5.89. The van der Waals surface area contributed by atoms with Gasteiger partial charge in [-0.2, -0.15) is 0 Å². The van der Waals surface area contributed by atoms with E-state index in [4.69, 9.17) is 16.0 Å². The molecule has 0 bridgehead atoms. The molecule has 1 aromatic carbocycles. The third kappa shape index (κ3) is 4.11. The number of hydrogen-bond donors (Lipinski definition) is 0. The minimum atomic E-state index is -0.215. The van der Waals surface area contributed by atoms with E-state index in [-0.39, 0.29) is 11.9 Å². The van der Waals surface area contributed by atoms with E-state index < -0.39 is 0 Å². The summed E-state index contributed by atoms with van der Waals surface area (Å²) < 4.78 is 6.04. The number of amides is 1. The Balaban J connectivity index is 1.36. The Bertz CT molecular complexity index is 1240. The van der Waals surface area contributed by atoms with Gasteiger partial charge in [0.2, 0.25) is 5.89 Å². The summed E-state index contributed by atoms with van der Waals surface area (Å²) in [6.45, 7) is 0.631. The predicted octanol–water partition coefficient (Wildman–Crippen LogP) is 4.75. The molecule has 4 heterocycles. The van der Waals surface area contributed by atoms with Crippen molar-refractivity contribution >= 4 is 17.5 Å². The second-order valence-electron chi connectivity index (χ2n) is 7.62. The first-order chi connectivity index (χ1) is 15.7. The number of oxazole rings is 1. The Kier molecular flexibility index (Phi) is 5.64. The molecule has 1 atom stereocenters. The van der Waals surface area contributed by atoms with Crippen molar-refractivity contribution in [3.05, 3.63) is 95.3 Å². The molecule has 4 aromatic rings. The summed E-state index contributed by atoms with van der Waals surface area (Å²) in [5.41, 5.74) is 2.77. The summed E-state index contributed by atoms with van der Waals surface area (Å²) >= 11 is 6.27. The van der Waals surface area contributed by atoms with Gasteiger partial charge in [-0.25, -0.2) is 19.9 Å². The number of benzene rings is 1. The summed E-state index contributed by atoms with van der Waals surface area (Å²) in [4.78, 5) is 32.2. The van der Waals surface area contributed by atoms with Gasteiger partial charge in [-0.05, 0) is 36.6 Å². The molecule has 3 aromatic heterocycles. The van der Waals surface area contributed by atoms with Crippen LogP contribution >= 0.6 is 11.6 Å². The van der Waals surface area contributed by atoms with Gasteiger partial charge >= 0.3 is 0 Å². The number of aromatic nitrogens is 4. The number of halogens is 1. The van der Waals surface area contributed by atoms with E-state index in [9.17, 15) is 4.79 Å². The molecule has 1 fully saturated rings. The third-order valence-electron chi connectivity index (χ3n) is 5.52. The van der Waals surface area contributed by atoms with E-state index in [0.717, 1.165) is 29.7 Å². The van der Waals surface area contributed by atoms with E-state index in [1.165, 1.54) is 6.33 Å². The highest BCUT2D eigenvalue weighted by Gasteiger charge is 2.34. The van der Waals surface area contributed by atoms with Gasteiger partial charge in [-0.15, -0.1) is 0 Å². The first-order valence-corrected chi connectivity index (χ1v) is 10.8. The fourth-order valence-electron chi connectivity index (χ4n) is 3.95. The molecule has 5 rings (SSSR count). The zero-order valence-electron chi connectivity index (χ0n) is 17.2. The highest BCUT2D eigenvalue weighted by molar-refractivity contribution is 6.31. The van der Waals surface area contributed by atoms with Crippen LogP contribution in [0.3, 0.4) is 0 Å². The van der Waals surface area contributed by atoms with E-state index in [1.54, 1.807) is 29.6 Å². The normalized spacial score (nSPS) is 15.8. The van der Waals surface area contributed by atoms with Crippen molar-refractivity contribution in [1.82, 2.24) is 24.8 Å². The van der Waals surface area contributed by atoms with Gasteiger partial charge in [0, 0.05) is 35.9 Å². The van der Waals surface area contributed by atoms with Gasteiger partial charge in [0.25, 0.3) is 5.91 Å². The van der Waals surface area contributed by atoms with E-state index in [0.29, 0.717) is 35.3 Å². The number of hydrogen-bond acceptors (Lipinski definition) is 6. The van der Waals surface area contributed by atoms with Crippen LogP contribution in [0.1, 0.15) is 46.6 Å². The monoisotopic (exact) mass is 445 g/mol. The molecule has 0 aliphatic carbocycles. The average molecular weight is 446 g/mol. The number of pyridine rings is 1. The van der Waals surface area contributed by atoms with Crippen LogP contribution in [0.4, 0.5) is 0 Å². The second kappa shape index (κ2) is 8.88. The Hall–Kier alpha value is -3.58. The van der Waals surface area contributed by atoms with Crippen LogP contribution < -0.4 is 0 Å². The number of nitrogens with zero attached hydrogens (tertiary/aromatic N) is 5. The van der Waals surface area contributed by atoms with Crippen molar-refractivity contribution in [2.75, 3.05) is 6.54 Å². The number of carbonyl (C=O) groups excluding carboxylic acids is 1. The lowest BCUT2D eigenvalue weighted by atomic mass is 10.1. The van der Waals surface area contributed by atoms with Crippen LogP contribution in [-0.4, -0.2) is 37.3 Å². The molecule has 0 spiro atoms. The molecular weight excluding hydrogens is 426 g/mol. The smallest absolute Gasteiger partial charge is 0.273 e. The molecule has 7 nitrogen and oxygen atoms in total. The SMILES string of the molecule is O=C(c1cccc(-c2cncnc2)n1)N1CCC[C@@H]1c1ncc(Cc2ccccc2Cl)o1. The standard InChI is InChI=1S/C24H20ClN5O2/c25-19-6-2-1-5-16(19)11-18-14-28-23(32-18)22-9-4-10-30(22)24(31)21-8-3-7-20(29-21)17-12-26-15-27-13-17/h1-3,5-8,12-15,22H,4,9-11H2/t22-/m1/s1. The van der Waals surface area contributed by atoms with Crippen LogP contribution in [0.2, 0.25) is 5.02 Å². The Morgan fingerprint density at radius 1 is 1.09 bits per heavy atom. The molecule has 0 saturated carbocycles. The van der Waals surface area contributed by atoms with Gasteiger partial charge in [-0.1, -0.05) is 35.9 Å². The molecule has 1 aliphatic rings. The molecule has 0 radical (unpaired) electrons. The maximum Gasteiger partial charge on any atom is 0.273 e. The van der Waals surface area contributed by atoms with E-state index >= 15 is 0 Å². The molecule has 1 saturated heterocycles. The number of carbonyl (C=O) groups is 1. The largest absolute Gasteiger partial charge is 0.443 e. The Labute approximate surface area is 190 Å². The lowest BCUT2D eigenvalue weighted by molar-refractivity contribution is 0.0708. The van der Waals surface area contributed by atoms with Crippen molar-refractivity contribution in [3.63, 3.8) is 0 Å². The zero-order valence-corrected chi connectivity index (χ0v) is 17.9. The van der Waals surface area contributed by atoms with Crippen LogP contribution in [0, 0.1) is 0 Å². The lowest BCUT2D eigenvalue weighted by Crippen LogP contribution is -2.31. The van der Waals surface area contributed by atoms with E-state index in [1.807, 2.05) is 36.4 Å². The van der Waals surface area contributed by atoms with Gasteiger partial charge < -0.3 is 9.32 Å². The maximum atomic E-state index is 13.3. The molecule has 0 unspecified atom stereocenters. The Morgan fingerprint density at radius 2 is 1.94 bits per heavy atom. The summed E-state index contributed by atoms with van der Waals surface area (Å²) in [5, 5.41) is 0.692. The molecule has 1 amide bonds. The molecule has 8 heteroatoms. The molecular formula is C24H20ClN5O2. The highest BCUT2D eigenvalue weighted by Crippen LogP contribution is 2.33. The highest BCUT2D eigenvalue weighted by atomic mass is 35.5. The molecule has 160 valence electrons. The maximum absolute atomic E-state index is 13.3. The minimum Gasteiger partial charge on any atom is -0.443 e. The molecule has 0 N–H and O–H groups in total. The topological polar surface area (TPSA) is 85.0 Å². The predicted molar refractivity (Wildman–Crippen MR) is 119 cm³/mol. The van der Waals surface area contributed by atoms with Gasteiger partial charge in [0.05, 0.1) is 11.9 Å². The van der Waals surface area contributed by atoms with Crippen molar-refractivity contribution in [1.29, 1.82) is 0 Å². The summed E-state index contributed by atoms with van der Waals surface area (Å²) in [6, 6.07) is 12.8. The van der Waals surface area contributed by atoms with Gasteiger partial charge in [-0.3, -0.25) is 4.79 Å². The lowest BCUT2D eigenvalue weighted by Gasteiger charge is -2.22. The van der Waals surface area contributed by atoms with Crippen LogP contribution in [0.5, 0.6) is 0 Å². The van der Waals surface area contributed by atoms with Gasteiger partial charge in [0.15, 0.2) is 0 Å². The average Bonchev–Trinajstić information content (AvgIpc) is 3.50. The van der Waals surface area contributed by atoms with Crippen molar-refractivity contribution < 1.29 is 9.21 Å². The fraction of sp³-hybridized carbons (Fsp3) is 0.208. The van der Waals surface area contributed by atoms with Crippen LogP contribution in [-0.2, 0) is 6.42 Å². The zero-order chi connectivity index (χ0) is 21.9. The minimum absolute atomic E-state index is 0.142.